The second-order valence-corrected chi connectivity index (χ2v) is 17.2. The molecule has 1 heterocycles. The first kappa shape index (κ1) is 37.4. The van der Waals surface area contributed by atoms with E-state index in [2.05, 4.69) is 57.1 Å². The fraction of sp³-hybridized carbons (Fsp3) is 0.650. The lowest BCUT2D eigenvalue weighted by Gasteiger charge is -2.62. The van der Waals surface area contributed by atoms with Gasteiger partial charge in [0.15, 0.2) is 0 Å². The van der Waals surface area contributed by atoms with E-state index >= 15 is 0 Å². The third-order valence-electron chi connectivity index (χ3n) is 11.6. The van der Waals surface area contributed by atoms with Crippen LogP contribution >= 0.6 is 0 Å². The van der Waals surface area contributed by atoms with Crippen molar-refractivity contribution < 1.29 is 24.6 Å². The van der Waals surface area contributed by atoms with E-state index in [4.69, 9.17) is 4.84 Å². The normalized spacial score (nSPS) is 29.3. The van der Waals surface area contributed by atoms with Gasteiger partial charge in [0.1, 0.15) is 12.1 Å². The van der Waals surface area contributed by atoms with Gasteiger partial charge in [0.2, 0.25) is 5.91 Å². The summed E-state index contributed by atoms with van der Waals surface area (Å²) < 4.78 is 0. The van der Waals surface area contributed by atoms with Gasteiger partial charge >= 0.3 is 0 Å². The standard InChI is InChI=1S/C40H60N4O5/c1-24-32-18-30(40(32,6)7)19-33(24)42-38(48)36-35(25(2)46)34(23-45)49-44(36)21-26-12-10-13-27(16-26)28-14-11-15-29(17-28)37(47)41-31(22-43(8)9)20-39(3,4)5/h10-17,24-25,30-36,45-46H,18-23H2,1-9H3,(H,41,47)(H,42,48)/t24-,25+,30?,31+,32?,33+,34+,35-,36+/m1/s1. The minimum absolute atomic E-state index is 0.0205. The summed E-state index contributed by atoms with van der Waals surface area (Å²) in [5, 5.41) is 29.3. The number of benzene rings is 2. The highest BCUT2D eigenvalue weighted by molar-refractivity contribution is 5.95. The van der Waals surface area contributed by atoms with Gasteiger partial charge in [-0.1, -0.05) is 71.9 Å². The zero-order chi connectivity index (χ0) is 35.8. The summed E-state index contributed by atoms with van der Waals surface area (Å²) in [5.41, 5.74) is 3.75. The molecule has 270 valence electrons. The molecular weight excluding hydrogens is 616 g/mol. The Morgan fingerprint density at radius 1 is 1.08 bits per heavy atom. The lowest BCUT2D eigenvalue weighted by Crippen LogP contribution is -2.62. The fourth-order valence-corrected chi connectivity index (χ4v) is 8.96. The van der Waals surface area contributed by atoms with Crippen molar-refractivity contribution in [2.45, 2.75) is 105 Å². The number of hydrogen-bond acceptors (Lipinski definition) is 7. The molecule has 1 saturated heterocycles. The molecule has 2 aromatic carbocycles. The lowest BCUT2D eigenvalue weighted by molar-refractivity contribution is -0.183. The second kappa shape index (κ2) is 14.8. The molecule has 4 aliphatic rings. The number of amides is 2. The van der Waals surface area contributed by atoms with Crippen molar-refractivity contribution in [2.75, 3.05) is 27.2 Å². The largest absolute Gasteiger partial charge is 0.394 e. The van der Waals surface area contributed by atoms with Gasteiger partial charge in [-0.05, 0) is 104 Å². The Kier molecular flexibility index (Phi) is 11.3. The van der Waals surface area contributed by atoms with Crippen molar-refractivity contribution in [3.05, 3.63) is 59.7 Å². The SMILES string of the molecule is C[C@H](O)[C@@H]1[C@H](CO)ON(Cc2cccc(-c3cccc(C(=O)N[C@H](CN(C)C)CC(C)(C)C)c3)c2)[C@@H]1C(=O)N[C@H]1CC2CC([C@H]1C)C2(C)C. The van der Waals surface area contributed by atoms with Crippen LogP contribution < -0.4 is 10.6 Å². The molecule has 0 aromatic heterocycles. The Morgan fingerprint density at radius 3 is 2.35 bits per heavy atom. The number of aliphatic hydroxyl groups excluding tert-OH is 2. The maximum atomic E-state index is 14.1. The van der Waals surface area contributed by atoms with Crippen LogP contribution in [0.3, 0.4) is 0 Å². The number of rotatable bonds is 12. The van der Waals surface area contributed by atoms with Crippen molar-refractivity contribution in [1.82, 2.24) is 20.6 Å². The Hall–Kier alpha value is -2.82. The molecule has 3 saturated carbocycles. The van der Waals surface area contributed by atoms with Crippen LogP contribution in [-0.2, 0) is 16.2 Å². The summed E-state index contributed by atoms with van der Waals surface area (Å²) in [6, 6.07) is 15.0. The van der Waals surface area contributed by atoms with E-state index in [9.17, 15) is 19.8 Å². The van der Waals surface area contributed by atoms with Gasteiger partial charge in [0, 0.05) is 30.1 Å². The summed E-state index contributed by atoms with van der Waals surface area (Å²) in [6.45, 7) is 15.9. The molecule has 3 aliphatic carbocycles. The van der Waals surface area contributed by atoms with Gasteiger partial charge in [-0.25, -0.2) is 0 Å². The molecule has 9 heteroatoms. The molecule has 6 rings (SSSR count). The maximum Gasteiger partial charge on any atom is 0.251 e. The summed E-state index contributed by atoms with van der Waals surface area (Å²) in [6.07, 6.45) is 1.50. The Morgan fingerprint density at radius 2 is 1.76 bits per heavy atom. The quantitative estimate of drug-likeness (QED) is 0.247. The molecule has 0 radical (unpaired) electrons. The van der Waals surface area contributed by atoms with Crippen molar-refractivity contribution >= 4 is 11.8 Å². The van der Waals surface area contributed by atoms with Crippen LogP contribution in [0.1, 0.15) is 83.7 Å². The van der Waals surface area contributed by atoms with Gasteiger partial charge in [-0.2, -0.15) is 5.06 Å². The van der Waals surface area contributed by atoms with Crippen molar-refractivity contribution in [3.63, 3.8) is 0 Å². The minimum Gasteiger partial charge on any atom is -0.394 e. The zero-order valence-electron chi connectivity index (χ0n) is 31.1. The maximum absolute atomic E-state index is 14.1. The zero-order valence-corrected chi connectivity index (χ0v) is 31.1. The van der Waals surface area contributed by atoms with Gasteiger partial charge in [0.05, 0.1) is 19.3 Å². The highest BCUT2D eigenvalue weighted by Crippen LogP contribution is 2.61. The molecule has 0 spiro atoms. The number of carbonyl (C=O) groups excluding carboxylic acids is 2. The van der Waals surface area contributed by atoms with Crippen LogP contribution in [0, 0.1) is 34.5 Å². The minimum atomic E-state index is -0.852. The van der Waals surface area contributed by atoms with E-state index < -0.39 is 24.2 Å². The molecule has 4 N–H and O–H groups in total. The Bertz CT molecular complexity index is 1470. The van der Waals surface area contributed by atoms with Gasteiger partial charge < -0.3 is 25.7 Å². The van der Waals surface area contributed by atoms with E-state index in [0.29, 0.717) is 35.3 Å². The molecule has 2 aromatic rings. The highest BCUT2D eigenvalue weighted by Gasteiger charge is 2.57. The second-order valence-electron chi connectivity index (χ2n) is 17.2. The van der Waals surface area contributed by atoms with Crippen LogP contribution in [-0.4, -0.2) is 89.6 Å². The van der Waals surface area contributed by atoms with Crippen LogP contribution in [0.15, 0.2) is 48.5 Å². The monoisotopic (exact) mass is 676 g/mol. The predicted octanol–water partition coefficient (Wildman–Crippen LogP) is 5.11. The van der Waals surface area contributed by atoms with Crippen molar-refractivity contribution in [2.24, 2.45) is 34.5 Å². The number of nitrogens with one attached hydrogen (secondary N) is 2. The molecule has 9 atom stereocenters. The third kappa shape index (κ3) is 8.39. The van der Waals surface area contributed by atoms with Crippen LogP contribution in [0.4, 0.5) is 0 Å². The molecule has 9 nitrogen and oxygen atoms in total. The molecule has 2 amide bonds. The predicted molar refractivity (Wildman–Crippen MR) is 193 cm³/mol. The van der Waals surface area contributed by atoms with E-state index in [1.54, 1.807) is 12.0 Å². The highest BCUT2D eigenvalue weighted by atomic mass is 16.7. The van der Waals surface area contributed by atoms with Crippen molar-refractivity contribution in [3.8, 4) is 11.1 Å². The number of hydroxylamine groups is 2. The van der Waals surface area contributed by atoms with Crippen LogP contribution in [0.5, 0.6) is 0 Å². The van der Waals surface area contributed by atoms with Gasteiger partial charge in [-0.15, -0.1) is 0 Å². The first-order chi connectivity index (χ1) is 23.0. The van der Waals surface area contributed by atoms with E-state index in [-0.39, 0.29) is 35.9 Å². The third-order valence-corrected chi connectivity index (χ3v) is 11.6. The van der Waals surface area contributed by atoms with E-state index in [1.165, 1.54) is 6.42 Å². The molecule has 2 bridgehead atoms. The average molecular weight is 677 g/mol. The van der Waals surface area contributed by atoms with Crippen molar-refractivity contribution in [1.29, 1.82) is 0 Å². The molecular formula is C40H60N4O5. The van der Waals surface area contributed by atoms with Gasteiger partial charge in [-0.3, -0.25) is 14.4 Å². The number of likely N-dealkylation sites (N-methyl/N-ethyl adjacent to an activating group) is 1. The molecule has 2 unspecified atom stereocenters. The lowest BCUT2D eigenvalue weighted by atomic mass is 9.45. The van der Waals surface area contributed by atoms with Gasteiger partial charge in [0.25, 0.3) is 5.91 Å². The molecule has 1 aliphatic heterocycles. The topological polar surface area (TPSA) is 114 Å². The summed E-state index contributed by atoms with van der Waals surface area (Å²) in [4.78, 5) is 35.8. The molecule has 4 fully saturated rings. The number of carbonyl (C=O) groups is 2. The Labute approximate surface area is 293 Å². The summed E-state index contributed by atoms with van der Waals surface area (Å²) in [7, 11) is 4.04. The Balaban J connectivity index is 1.32. The van der Waals surface area contributed by atoms with Crippen LogP contribution in [0.2, 0.25) is 0 Å². The van der Waals surface area contributed by atoms with E-state index in [1.807, 2.05) is 62.6 Å². The number of hydrogen-bond donors (Lipinski definition) is 4. The average Bonchev–Trinajstić information content (AvgIpc) is 3.39. The van der Waals surface area contributed by atoms with Crippen LogP contribution in [0.25, 0.3) is 11.1 Å². The van der Waals surface area contributed by atoms with E-state index in [0.717, 1.165) is 36.1 Å². The summed E-state index contributed by atoms with van der Waals surface area (Å²) >= 11 is 0. The summed E-state index contributed by atoms with van der Waals surface area (Å²) in [5.74, 6) is 0.712. The number of aliphatic hydroxyl groups is 2. The first-order valence-electron chi connectivity index (χ1n) is 18.2. The fourth-order valence-electron chi connectivity index (χ4n) is 8.96. The smallest absolute Gasteiger partial charge is 0.251 e. The molecule has 49 heavy (non-hydrogen) atoms. The first-order valence-corrected chi connectivity index (χ1v) is 18.2. The number of fused-ring (bicyclic) bond motifs is 2. The number of nitrogens with zero attached hydrogens (tertiary/aromatic N) is 2.